The number of methoxy groups -OCH3 is 1. The highest BCUT2D eigenvalue weighted by Crippen LogP contribution is 2.59. The van der Waals surface area contributed by atoms with E-state index >= 15 is 0 Å². The number of carboxylic acid groups (broad SMARTS) is 1. The molecule has 4 N–H and O–H groups in total. The second kappa shape index (κ2) is 21.6. The Morgan fingerprint density at radius 3 is 2.31 bits per heavy atom. The van der Waals surface area contributed by atoms with Crippen LogP contribution < -0.4 is 0 Å². The molecule has 21 heteroatoms. The van der Waals surface area contributed by atoms with Gasteiger partial charge in [-0.15, -0.1) is 0 Å². The fraction of sp³-hybridized carbons (Fsp3) is 0.898. The molecule has 14 fully saturated rings. The van der Waals surface area contributed by atoms with Crippen molar-refractivity contribution in [2.24, 2.45) is 23.7 Å². The molecule has 14 aliphatic rings. The van der Waals surface area contributed by atoms with Crippen LogP contribution in [0, 0.1) is 23.7 Å². The lowest BCUT2D eigenvalue weighted by Crippen LogP contribution is -2.63. The highest BCUT2D eigenvalue weighted by Gasteiger charge is 2.79. The van der Waals surface area contributed by atoms with Crippen LogP contribution in [0.5, 0.6) is 0 Å². The molecule has 448 valence electrons. The van der Waals surface area contributed by atoms with Gasteiger partial charge in [0.05, 0.1) is 112 Å². The molecule has 14 heterocycles. The minimum atomic E-state index is -2.04. The van der Waals surface area contributed by atoms with Crippen molar-refractivity contribution in [1.82, 2.24) is 0 Å². The fourth-order valence-corrected chi connectivity index (χ4v) is 16.6. The summed E-state index contributed by atoms with van der Waals surface area (Å²) in [7, 11) is 1.66. The number of rotatable bonds is 15. The monoisotopic (exact) mass is 1130 g/mol. The van der Waals surface area contributed by atoms with Crippen molar-refractivity contribution in [2.75, 3.05) is 20.3 Å². The molecule has 0 aromatic heterocycles. The van der Waals surface area contributed by atoms with Gasteiger partial charge in [-0.2, -0.15) is 0 Å². The molecule has 0 aromatic carbocycles. The molecule has 0 amide bonds. The third-order valence-electron chi connectivity index (χ3n) is 21.0. The van der Waals surface area contributed by atoms with Crippen molar-refractivity contribution in [3.8, 4) is 0 Å². The number of ether oxygens (including phenoxy) is 15. The number of hydrogen-bond acceptors (Lipinski definition) is 20. The third-order valence-corrected chi connectivity index (χ3v) is 21.0. The summed E-state index contributed by atoms with van der Waals surface area (Å²) in [6.45, 7) is 17.7. The molecule has 0 aliphatic carbocycles. The van der Waals surface area contributed by atoms with Crippen molar-refractivity contribution in [1.29, 1.82) is 0 Å². The zero-order valence-corrected chi connectivity index (χ0v) is 47.0. The van der Waals surface area contributed by atoms with Gasteiger partial charge in [0, 0.05) is 51.6 Å². The summed E-state index contributed by atoms with van der Waals surface area (Å²) in [6, 6.07) is 0. The van der Waals surface area contributed by atoms with E-state index in [-0.39, 0.29) is 105 Å². The minimum absolute atomic E-state index is 0.0125. The Labute approximate surface area is 468 Å². The van der Waals surface area contributed by atoms with Crippen LogP contribution in [0.4, 0.5) is 0 Å². The largest absolute Gasteiger partial charge is 0.481 e. The number of fused-ring (bicyclic) bond motifs is 4. The van der Waals surface area contributed by atoms with Gasteiger partial charge < -0.3 is 91.5 Å². The fourth-order valence-electron chi connectivity index (χ4n) is 16.6. The Bertz CT molecular complexity index is 2340. The topological polar surface area (TPSA) is 254 Å². The summed E-state index contributed by atoms with van der Waals surface area (Å²) in [5.41, 5.74) is 2.17. The van der Waals surface area contributed by atoms with Crippen LogP contribution in [-0.4, -0.2) is 204 Å². The van der Waals surface area contributed by atoms with Crippen molar-refractivity contribution >= 4 is 11.9 Å². The number of aliphatic carboxylic acids is 1. The second-order valence-corrected chi connectivity index (χ2v) is 26.5. The first kappa shape index (κ1) is 56.8. The lowest BCUT2D eigenvalue weighted by molar-refractivity contribution is -0.306. The maximum atomic E-state index is 13.9. The van der Waals surface area contributed by atoms with E-state index in [4.69, 9.17) is 71.1 Å². The maximum absolute atomic E-state index is 13.9. The molecule has 14 saturated heterocycles. The molecule has 14 aliphatic heterocycles. The highest BCUT2D eigenvalue weighted by molar-refractivity contribution is 5.70. The first-order valence-electron chi connectivity index (χ1n) is 30.2. The van der Waals surface area contributed by atoms with Gasteiger partial charge in [-0.3, -0.25) is 9.59 Å². The molecule has 80 heavy (non-hydrogen) atoms. The van der Waals surface area contributed by atoms with Crippen molar-refractivity contribution in [3.63, 3.8) is 0 Å². The van der Waals surface area contributed by atoms with Crippen LogP contribution in [0.15, 0.2) is 24.3 Å². The quantitative estimate of drug-likeness (QED) is 0.131. The summed E-state index contributed by atoms with van der Waals surface area (Å²) in [5.74, 6) is -6.61. The Hall–Kier alpha value is -2.26. The van der Waals surface area contributed by atoms with Gasteiger partial charge in [0.25, 0.3) is 0 Å². The zero-order chi connectivity index (χ0) is 55.8. The summed E-state index contributed by atoms with van der Waals surface area (Å²) in [5, 5.41) is 43.6. The lowest BCUT2D eigenvalue weighted by atomic mass is 9.81. The number of carboxylic acids is 1. The normalized spacial score (nSPS) is 53.2. The molecule has 11 unspecified atom stereocenters. The first-order valence-corrected chi connectivity index (χ1v) is 30.2. The number of aliphatic hydroxyl groups excluding tert-OH is 2. The Morgan fingerprint density at radius 1 is 0.713 bits per heavy atom. The first-order chi connectivity index (χ1) is 38.2. The average Bonchev–Trinajstić information content (AvgIpc) is 4.34. The van der Waals surface area contributed by atoms with E-state index in [2.05, 4.69) is 33.9 Å². The van der Waals surface area contributed by atoms with E-state index in [1.165, 1.54) is 0 Å². The Morgan fingerprint density at radius 2 is 1.51 bits per heavy atom. The van der Waals surface area contributed by atoms with Crippen LogP contribution in [0.1, 0.15) is 137 Å². The molecule has 14 rings (SSSR count). The summed E-state index contributed by atoms with van der Waals surface area (Å²) in [6.07, 6.45) is -1.84. The number of esters is 1. The number of hydrogen-bond donors (Lipinski definition) is 4. The predicted octanol–water partition coefficient (Wildman–Crippen LogP) is 4.44. The van der Waals surface area contributed by atoms with E-state index in [0.29, 0.717) is 83.2 Å². The van der Waals surface area contributed by atoms with Gasteiger partial charge in [0.1, 0.15) is 36.6 Å². The van der Waals surface area contributed by atoms with E-state index in [1.807, 2.05) is 6.92 Å². The average molecular weight is 1130 g/mol. The smallest absolute Gasteiger partial charge is 0.308 e. The highest BCUT2D eigenvalue weighted by atomic mass is 16.8. The van der Waals surface area contributed by atoms with Crippen molar-refractivity contribution < 1.29 is 101 Å². The van der Waals surface area contributed by atoms with E-state index in [1.54, 1.807) is 7.11 Å². The molecule has 21 nitrogen and oxygen atoms in total. The van der Waals surface area contributed by atoms with Gasteiger partial charge >= 0.3 is 11.9 Å². The molecule has 0 saturated carbocycles. The molecule has 0 radical (unpaired) electrons. The van der Waals surface area contributed by atoms with Crippen molar-refractivity contribution in [2.45, 2.75) is 288 Å². The molecule has 29 atom stereocenters. The summed E-state index contributed by atoms with van der Waals surface area (Å²) >= 11 is 0. The molecular weight excluding hydrogens is 1040 g/mol. The molecule has 6 bridgehead atoms. The SMILES string of the molecule is C=C1COC(CC[C@@H]2OC(CC[C@]34OC5C6OC(O)(C3O)[C@@H](O4)C6O[C@H]3CCC(CC(=O)O[C@H]4CO[C@H]6C[C@H]7O[C@]8(CC9O[C@@](C[C@H](C)C%10CC[C@@H](O)[C@@H](CC(=O)O)O%10)(OC)C[C@H](C)C9O8)C[C@H]7O[C@H]6[C@@H]4C)O[C@H]53)CC2=C)C[C@H]1C. The van der Waals surface area contributed by atoms with Crippen LogP contribution in [0.3, 0.4) is 0 Å². The van der Waals surface area contributed by atoms with Crippen LogP contribution in [0.25, 0.3) is 0 Å². The van der Waals surface area contributed by atoms with Gasteiger partial charge in [0.15, 0.2) is 17.7 Å². The Balaban J connectivity index is 0.596. The van der Waals surface area contributed by atoms with Gasteiger partial charge in [-0.05, 0) is 86.7 Å². The minimum Gasteiger partial charge on any atom is -0.481 e. The van der Waals surface area contributed by atoms with E-state index < -0.39 is 102 Å². The third kappa shape index (κ3) is 10.2. The zero-order valence-electron chi connectivity index (χ0n) is 47.0. The Kier molecular flexibility index (Phi) is 15.4. The number of carbonyl (C=O) groups excluding carboxylic acids is 1. The number of aliphatic hydroxyl groups is 3. The van der Waals surface area contributed by atoms with Crippen LogP contribution in [0.2, 0.25) is 0 Å². The molecular formula is C59H86O21. The van der Waals surface area contributed by atoms with Crippen LogP contribution >= 0.6 is 0 Å². The molecule has 0 aromatic rings. The van der Waals surface area contributed by atoms with E-state index in [9.17, 15) is 30.0 Å². The number of carbonyl (C=O) groups is 2. The predicted molar refractivity (Wildman–Crippen MR) is 275 cm³/mol. The van der Waals surface area contributed by atoms with Crippen LogP contribution in [-0.2, 0) is 80.6 Å². The van der Waals surface area contributed by atoms with Gasteiger partial charge in [-0.1, -0.05) is 40.9 Å². The van der Waals surface area contributed by atoms with Gasteiger partial charge in [-0.25, -0.2) is 0 Å². The summed E-state index contributed by atoms with van der Waals surface area (Å²) in [4.78, 5) is 25.4. The van der Waals surface area contributed by atoms with E-state index in [0.717, 1.165) is 30.4 Å². The van der Waals surface area contributed by atoms with Crippen molar-refractivity contribution in [3.05, 3.63) is 24.3 Å². The lowest BCUT2D eigenvalue weighted by Gasteiger charge is -2.47. The maximum Gasteiger partial charge on any atom is 0.308 e. The second-order valence-electron chi connectivity index (χ2n) is 26.5. The standard InChI is InChI=1S/C59H86O21/c1-27-16-33(67-25-31(27)5)8-11-37-28(2)17-35(69-37)14-15-58-55(64)59(65)54(80-58)53-52(79-59)51(78-58)50-39(73-53)12-9-34(70-50)18-47(63)72-45-26-68-42-19-41-43(74-49(42)32(45)6)23-57(75-41)24-44-48(77-57)30(4)22-56(66-7,76-44)21-29(3)38-13-10-36(60)40(71-38)20-46(61)62/h27,29-30,32-45,48-55,60,64-65H,2,5,8-26H2,1,3-4,6-7H3,(H,61,62)/t27-,29+,30+,32-,33?,34?,35?,36-,37+,38?,39+,40-,41-,42+,43-,44?,45+,48?,49+,50+,51?,52?,53?,54+,55?,56-,57-,58-,59?/m1/s1. The van der Waals surface area contributed by atoms with Gasteiger partial charge in [0.2, 0.25) is 11.6 Å². The summed E-state index contributed by atoms with van der Waals surface area (Å²) < 4.78 is 97.9. The molecule has 1 spiro atoms.